The second kappa shape index (κ2) is 50.5. The van der Waals surface area contributed by atoms with Crippen LogP contribution in [0.15, 0.2) is 24.3 Å². The van der Waals surface area contributed by atoms with Gasteiger partial charge < -0.3 is 14.2 Å². The van der Waals surface area contributed by atoms with Gasteiger partial charge in [0.2, 0.25) is 0 Å². The topological polar surface area (TPSA) is 78.9 Å². The van der Waals surface area contributed by atoms with Gasteiger partial charge in [-0.25, -0.2) is 0 Å². The van der Waals surface area contributed by atoms with E-state index in [-0.39, 0.29) is 31.1 Å². The van der Waals surface area contributed by atoms with Gasteiger partial charge in [0.05, 0.1) is 0 Å². The number of rotatable bonds is 49. The molecule has 0 aliphatic rings. The van der Waals surface area contributed by atoms with Crippen LogP contribution in [0.2, 0.25) is 0 Å². The molecule has 0 aromatic carbocycles. The van der Waals surface area contributed by atoms with E-state index in [4.69, 9.17) is 14.2 Å². The summed E-state index contributed by atoms with van der Waals surface area (Å²) in [6.45, 7) is 6.57. The third kappa shape index (κ3) is 48.8. The minimum Gasteiger partial charge on any atom is -0.462 e. The van der Waals surface area contributed by atoms with Crippen LogP contribution in [-0.2, 0) is 28.6 Å². The first kappa shape index (κ1) is 58.9. The summed E-state index contributed by atoms with van der Waals surface area (Å²) >= 11 is 0. The van der Waals surface area contributed by atoms with E-state index < -0.39 is 6.10 Å². The van der Waals surface area contributed by atoms with Crippen molar-refractivity contribution in [1.29, 1.82) is 0 Å². The van der Waals surface area contributed by atoms with E-state index >= 15 is 0 Å². The van der Waals surface area contributed by atoms with Crippen molar-refractivity contribution in [3.63, 3.8) is 0 Å². The fourth-order valence-corrected chi connectivity index (χ4v) is 7.84. The molecule has 0 amide bonds. The fourth-order valence-electron chi connectivity index (χ4n) is 7.84. The van der Waals surface area contributed by atoms with Crippen LogP contribution in [0.3, 0.4) is 0 Å². The Kier molecular flexibility index (Phi) is 48.8. The standard InChI is InChI=1S/C55H102O6/c1-4-7-10-13-15-17-19-21-23-24-25-26-27-28-29-30-32-33-35-37-39-42-45-48-54(57)60-51-52(50-59-53(56)47-44-41-12-9-6-3)61-55(58)49-46-43-40-38-36-34-31-22-20-18-16-14-11-8-5-2/h22,24-25,31,52H,4-21,23,26-30,32-51H2,1-3H3/b25-24-,31-22-. The lowest BCUT2D eigenvalue weighted by Crippen LogP contribution is -2.30. The highest BCUT2D eigenvalue weighted by molar-refractivity contribution is 5.71. The molecular formula is C55H102O6. The summed E-state index contributed by atoms with van der Waals surface area (Å²) < 4.78 is 16.7. The van der Waals surface area contributed by atoms with Crippen molar-refractivity contribution in [2.45, 2.75) is 297 Å². The minimum absolute atomic E-state index is 0.0726. The van der Waals surface area contributed by atoms with Gasteiger partial charge in [-0.1, -0.05) is 225 Å². The molecule has 6 heteroatoms. The van der Waals surface area contributed by atoms with Crippen LogP contribution >= 0.6 is 0 Å². The summed E-state index contributed by atoms with van der Waals surface area (Å²) in [6.07, 6.45) is 57.8. The van der Waals surface area contributed by atoms with Crippen LogP contribution in [0.4, 0.5) is 0 Å². The van der Waals surface area contributed by atoms with Crippen LogP contribution < -0.4 is 0 Å². The van der Waals surface area contributed by atoms with Gasteiger partial charge >= 0.3 is 17.9 Å². The monoisotopic (exact) mass is 859 g/mol. The minimum atomic E-state index is -0.769. The summed E-state index contributed by atoms with van der Waals surface area (Å²) in [5.74, 6) is -0.884. The van der Waals surface area contributed by atoms with Crippen molar-refractivity contribution < 1.29 is 28.6 Å². The number of esters is 3. The summed E-state index contributed by atoms with van der Waals surface area (Å²) in [7, 11) is 0. The number of carbonyl (C=O) groups is 3. The second-order valence-electron chi connectivity index (χ2n) is 18.1. The largest absolute Gasteiger partial charge is 0.462 e. The van der Waals surface area contributed by atoms with Gasteiger partial charge in [0.25, 0.3) is 0 Å². The predicted molar refractivity (Wildman–Crippen MR) is 261 cm³/mol. The zero-order chi connectivity index (χ0) is 44.4. The average Bonchev–Trinajstić information content (AvgIpc) is 3.26. The summed E-state index contributed by atoms with van der Waals surface area (Å²) in [6, 6.07) is 0. The lowest BCUT2D eigenvalue weighted by Gasteiger charge is -2.18. The van der Waals surface area contributed by atoms with Gasteiger partial charge in [0, 0.05) is 19.3 Å². The molecule has 0 fully saturated rings. The van der Waals surface area contributed by atoms with Crippen LogP contribution in [0, 0.1) is 0 Å². The molecule has 0 saturated heterocycles. The van der Waals surface area contributed by atoms with Gasteiger partial charge in [0.15, 0.2) is 6.10 Å². The number of unbranched alkanes of at least 4 members (excludes halogenated alkanes) is 34. The lowest BCUT2D eigenvalue weighted by atomic mass is 10.0. The Morgan fingerprint density at radius 1 is 0.311 bits per heavy atom. The molecule has 1 unspecified atom stereocenters. The molecule has 0 rings (SSSR count). The van der Waals surface area contributed by atoms with E-state index in [1.807, 2.05) is 0 Å². The Hall–Kier alpha value is -2.11. The van der Waals surface area contributed by atoms with Gasteiger partial charge in [0.1, 0.15) is 13.2 Å². The van der Waals surface area contributed by atoms with Crippen LogP contribution in [-0.4, -0.2) is 37.2 Å². The number of carbonyl (C=O) groups excluding carboxylic acids is 3. The van der Waals surface area contributed by atoms with Gasteiger partial charge in [-0.05, 0) is 70.6 Å². The molecular weight excluding hydrogens is 757 g/mol. The molecule has 0 heterocycles. The third-order valence-corrected chi connectivity index (χ3v) is 11.9. The molecule has 6 nitrogen and oxygen atoms in total. The summed E-state index contributed by atoms with van der Waals surface area (Å²) in [5.41, 5.74) is 0. The molecule has 0 aliphatic heterocycles. The number of allylic oxidation sites excluding steroid dienone is 4. The Balaban J connectivity index is 4.07. The highest BCUT2D eigenvalue weighted by atomic mass is 16.6. The first-order chi connectivity index (χ1) is 30.0. The van der Waals surface area contributed by atoms with E-state index in [0.29, 0.717) is 19.3 Å². The highest BCUT2D eigenvalue weighted by Crippen LogP contribution is 2.16. The van der Waals surface area contributed by atoms with Crippen molar-refractivity contribution in [1.82, 2.24) is 0 Å². The maximum Gasteiger partial charge on any atom is 0.306 e. The zero-order valence-corrected chi connectivity index (χ0v) is 40.9. The molecule has 0 aromatic heterocycles. The molecule has 0 bridgehead atoms. The molecule has 0 aliphatic carbocycles. The summed E-state index contributed by atoms with van der Waals surface area (Å²) in [5, 5.41) is 0. The molecule has 0 radical (unpaired) electrons. The van der Waals surface area contributed by atoms with E-state index in [9.17, 15) is 14.4 Å². The molecule has 0 spiro atoms. The molecule has 0 aromatic rings. The zero-order valence-electron chi connectivity index (χ0n) is 40.9. The number of ether oxygens (including phenoxy) is 3. The maximum absolute atomic E-state index is 12.7. The maximum atomic E-state index is 12.7. The van der Waals surface area contributed by atoms with Gasteiger partial charge in [-0.3, -0.25) is 14.4 Å². The molecule has 1 atom stereocenters. The normalized spacial score (nSPS) is 12.1. The SMILES string of the molecule is CCCCCCCC/C=C\CCCCCCCC(=O)OC(COC(=O)CCCCCCC)COC(=O)CCCCCCCCCCCCC/C=C\CCCCCCCCCC. The quantitative estimate of drug-likeness (QED) is 0.0262. The van der Waals surface area contributed by atoms with Gasteiger partial charge in [-0.15, -0.1) is 0 Å². The fraction of sp³-hybridized carbons (Fsp3) is 0.873. The van der Waals surface area contributed by atoms with Crippen molar-refractivity contribution >= 4 is 17.9 Å². The highest BCUT2D eigenvalue weighted by Gasteiger charge is 2.19. The van der Waals surface area contributed by atoms with Crippen molar-refractivity contribution in [2.24, 2.45) is 0 Å². The van der Waals surface area contributed by atoms with Crippen LogP contribution in [0.5, 0.6) is 0 Å². The Morgan fingerprint density at radius 3 is 0.820 bits per heavy atom. The molecule has 358 valence electrons. The summed E-state index contributed by atoms with van der Waals surface area (Å²) in [4.78, 5) is 37.7. The smallest absolute Gasteiger partial charge is 0.306 e. The Morgan fingerprint density at radius 2 is 0.541 bits per heavy atom. The lowest BCUT2D eigenvalue weighted by molar-refractivity contribution is -0.167. The first-order valence-electron chi connectivity index (χ1n) is 26.8. The van der Waals surface area contributed by atoms with Crippen molar-refractivity contribution in [2.75, 3.05) is 13.2 Å². The van der Waals surface area contributed by atoms with Crippen LogP contribution in [0.1, 0.15) is 290 Å². The first-order valence-corrected chi connectivity index (χ1v) is 26.8. The number of hydrogen-bond donors (Lipinski definition) is 0. The van der Waals surface area contributed by atoms with Crippen molar-refractivity contribution in [3.05, 3.63) is 24.3 Å². The predicted octanol–water partition coefficient (Wildman–Crippen LogP) is 17.5. The van der Waals surface area contributed by atoms with E-state index in [0.717, 1.165) is 70.6 Å². The second-order valence-corrected chi connectivity index (χ2v) is 18.1. The van der Waals surface area contributed by atoms with Crippen LogP contribution in [0.25, 0.3) is 0 Å². The molecule has 0 saturated carbocycles. The average molecular weight is 859 g/mol. The van der Waals surface area contributed by atoms with E-state index in [1.54, 1.807) is 0 Å². The van der Waals surface area contributed by atoms with E-state index in [2.05, 4.69) is 45.1 Å². The Labute approximate surface area is 379 Å². The van der Waals surface area contributed by atoms with E-state index in [1.165, 1.54) is 180 Å². The Bertz CT molecular complexity index is 989. The molecule has 61 heavy (non-hydrogen) atoms. The van der Waals surface area contributed by atoms with Gasteiger partial charge in [-0.2, -0.15) is 0 Å². The molecule has 0 N–H and O–H groups in total. The number of hydrogen-bond acceptors (Lipinski definition) is 6. The third-order valence-electron chi connectivity index (χ3n) is 11.9. The van der Waals surface area contributed by atoms with Crippen molar-refractivity contribution in [3.8, 4) is 0 Å².